The molecule has 1 fully saturated rings. The van der Waals surface area contributed by atoms with Gasteiger partial charge in [-0.1, -0.05) is 13.3 Å². The second-order valence-electron chi connectivity index (χ2n) is 4.93. The fourth-order valence-corrected chi connectivity index (χ4v) is 2.26. The molecule has 104 valence electrons. The van der Waals surface area contributed by atoms with E-state index in [1.165, 1.54) is 4.90 Å². The summed E-state index contributed by atoms with van der Waals surface area (Å²) in [6.45, 7) is 4.07. The number of rotatable bonds is 4. The number of carbonyl (C=O) groups is 2. The van der Waals surface area contributed by atoms with Crippen LogP contribution in [0.4, 0.5) is 4.79 Å². The number of nitrogens with zero attached hydrogens (tertiary/aromatic N) is 2. The highest BCUT2D eigenvalue weighted by molar-refractivity contribution is 5.83. The Kier molecular flexibility index (Phi) is 4.95. The zero-order valence-electron chi connectivity index (χ0n) is 11.2. The van der Waals surface area contributed by atoms with Crippen LogP contribution < -0.4 is 0 Å². The van der Waals surface area contributed by atoms with Gasteiger partial charge in [0, 0.05) is 26.1 Å². The molecule has 2 N–H and O–H groups in total. The molecular formula is C12H22N2O4. The van der Waals surface area contributed by atoms with Crippen LogP contribution >= 0.6 is 0 Å². The van der Waals surface area contributed by atoms with Gasteiger partial charge in [0.2, 0.25) is 0 Å². The van der Waals surface area contributed by atoms with E-state index in [9.17, 15) is 14.7 Å². The Hall–Kier alpha value is -1.30. The van der Waals surface area contributed by atoms with Gasteiger partial charge in [0.15, 0.2) is 0 Å². The van der Waals surface area contributed by atoms with E-state index in [1.54, 1.807) is 11.9 Å². The molecule has 0 radical (unpaired) electrons. The number of carboxylic acid groups (broad SMARTS) is 1. The molecule has 0 bridgehead atoms. The van der Waals surface area contributed by atoms with Gasteiger partial charge in [0.25, 0.3) is 0 Å². The topological polar surface area (TPSA) is 81.1 Å². The first-order chi connectivity index (χ1) is 8.38. The fourth-order valence-electron chi connectivity index (χ4n) is 2.26. The van der Waals surface area contributed by atoms with E-state index in [1.807, 2.05) is 13.8 Å². The summed E-state index contributed by atoms with van der Waals surface area (Å²) in [5.41, 5.74) is 0. The van der Waals surface area contributed by atoms with Crippen LogP contribution in [-0.2, 0) is 4.79 Å². The minimum absolute atomic E-state index is 0.0645. The molecule has 1 unspecified atom stereocenters. The highest BCUT2D eigenvalue weighted by atomic mass is 16.4. The lowest BCUT2D eigenvalue weighted by Crippen LogP contribution is -2.49. The van der Waals surface area contributed by atoms with Gasteiger partial charge < -0.3 is 20.0 Å². The number of hydrogen-bond donors (Lipinski definition) is 2. The van der Waals surface area contributed by atoms with Gasteiger partial charge in [0.1, 0.15) is 6.04 Å². The van der Waals surface area contributed by atoms with Crippen molar-refractivity contribution >= 4 is 12.0 Å². The molecule has 1 aliphatic rings. The first-order valence-electron chi connectivity index (χ1n) is 6.32. The van der Waals surface area contributed by atoms with Crippen molar-refractivity contribution in [1.29, 1.82) is 0 Å². The Bertz CT molecular complexity index is 321. The highest BCUT2D eigenvalue weighted by Crippen LogP contribution is 2.20. The van der Waals surface area contributed by atoms with Gasteiger partial charge in [-0.2, -0.15) is 0 Å². The van der Waals surface area contributed by atoms with E-state index in [0.717, 1.165) is 12.8 Å². The molecule has 0 aromatic rings. The van der Waals surface area contributed by atoms with E-state index in [2.05, 4.69) is 0 Å². The van der Waals surface area contributed by atoms with E-state index >= 15 is 0 Å². The molecule has 0 aromatic heterocycles. The van der Waals surface area contributed by atoms with E-state index < -0.39 is 18.1 Å². The fraction of sp³-hybridized carbons (Fsp3) is 0.833. The number of β-amino-alcohol motifs (C(OH)–C–C–N with tert-alkyl or cyclic N) is 1. The first kappa shape index (κ1) is 14.8. The number of urea groups is 1. The predicted octanol–water partition coefficient (Wildman–Crippen LogP) is 0.747. The molecule has 18 heavy (non-hydrogen) atoms. The third-order valence-corrected chi connectivity index (χ3v) is 3.48. The summed E-state index contributed by atoms with van der Waals surface area (Å²) in [6.07, 6.45) is 1.20. The molecule has 1 heterocycles. The summed E-state index contributed by atoms with van der Waals surface area (Å²) < 4.78 is 0. The van der Waals surface area contributed by atoms with Crippen molar-refractivity contribution in [2.75, 3.05) is 13.6 Å². The largest absolute Gasteiger partial charge is 0.480 e. The number of likely N-dealkylation sites (tertiary alicyclic amines) is 1. The van der Waals surface area contributed by atoms with Gasteiger partial charge >= 0.3 is 12.0 Å². The Morgan fingerprint density at radius 1 is 1.50 bits per heavy atom. The summed E-state index contributed by atoms with van der Waals surface area (Å²) in [5, 5.41) is 18.6. The molecule has 6 nitrogen and oxygen atoms in total. The molecule has 1 rings (SSSR count). The summed E-state index contributed by atoms with van der Waals surface area (Å²) in [6, 6.07) is -1.17. The first-order valence-corrected chi connectivity index (χ1v) is 6.32. The number of amides is 2. The molecule has 0 aromatic carbocycles. The number of hydrogen-bond acceptors (Lipinski definition) is 3. The number of aliphatic carboxylic acids is 1. The quantitative estimate of drug-likeness (QED) is 0.779. The van der Waals surface area contributed by atoms with Crippen LogP contribution in [0.2, 0.25) is 0 Å². The maximum absolute atomic E-state index is 12.2. The molecule has 2 amide bonds. The summed E-state index contributed by atoms with van der Waals surface area (Å²) in [5.74, 6) is -1.06. The van der Waals surface area contributed by atoms with Crippen molar-refractivity contribution in [2.45, 2.75) is 51.3 Å². The number of carbonyl (C=O) groups excluding carboxylic acids is 1. The van der Waals surface area contributed by atoms with Crippen LogP contribution in [0.1, 0.15) is 33.1 Å². The Labute approximate surface area is 107 Å². The lowest BCUT2D eigenvalue weighted by atomic mass is 10.2. The van der Waals surface area contributed by atoms with E-state index in [0.29, 0.717) is 0 Å². The standard InChI is InChI=1S/C12H22N2O4/c1-4-5-8(2)13(3)12(18)14-7-9(15)6-10(14)11(16)17/h8-10,15H,4-7H2,1-3H3,(H,16,17)/t8?,9-,10-/m1/s1. The molecule has 6 heteroatoms. The lowest BCUT2D eigenvalue weighted by Gasteiger charge is -2.31. The van der Waals surface area contributed by atoms with Crippen molar-refractivity contribution in [3.8, 4) is 0 Å². The van der Waals surface area contributed by atoms with Crippen molar-refractivity contribution < 1.29 is 19.8 Å². The molecule has 1 saturated heterocycles. The molecule has 0 saturated carbocycles. The van der Waals surface area contributed by atoms with Crippen LogP contribution in [0.5, 0.6) is 0 Å². The zero-order valence-corrected chi connectivity index (χ0v) is 11.2. The third kappa shape index (κ3) is 3.13. The van der Waals surface area contributed by atoms with Gasteiger partial charge in [-0.3, -0.25) is 0 Å². The number of aliphatic hydroxyl groups excluding tert-OH is 1. The van der Waals surface area contributed by atoms with Crippen molar-refractivity contribution in [2.24, 2.45) is 0 Å². The molecule has 3 atom stereocenters. The summed E-state index contributed by atoms with van der Waals surface area (Å²) >= 11 is 0. The smallest absolute Gasteiger partial charge is 0.326 e. The third-order valence-electron chi connectivity index (χ3n) is 3.48. The van der Waals surface area contributed by atoms with Crippen molar-refractivity contribution in [3.05, 3.63) is 0 Å². The Balaban J connectivity index is 2.73. The average molecular weight is 258 g/mol. The van der Waals surface area contributed by atoms with E-state index in [-0.39, 0.29) is 25.0 Å². The Morgan fingerprint density at radius 3 is 2.61 bits per heavy atom. The highest BCUT2D eigenvalue weighted by Gasteiger charge is 2.40. The van der Waals surface area contributed by atoms with Crippen molar-refractivity contribution in [3.63, 3.8) is 0 Å². The molecule has 0 spiro atoms. The maximum atomic E-state index is 12.2. The molecular weight excluding hydrogens is 236 g/mol. The van der Waals surface area contributed by atoms with Gasteiger partial charge in [0.05, 0.1) is 6.10 Å². The predicted molar refractivity (Wildman–Crippen MR) is 66.3 cm³/mol. The monoisotopic (exact) mass is 258 g/mol. The Morgan fingerprint density at radius 2 is 2.11 bits per heavy atom. The van der Waals surface area contributed by atoms with Crippen LogP contribution in [0.15, 0.2) is 0 Å². The van der Waals surface area contributed by atoms with Crippen LogP contribution in [0.3, 0.4) is 0 Å². The average Bonchev–Trinajstić information content (AvgIpc) is 2.69. The zero-order chi connectivity index (χ0) is 13.9. The van der Waals surface area contributed by atoms with Crippen LogP contribution in [-0.4, -0.2) is 63.8 Å². The summed E-state index contributed by atoms with van der Waals surface area (Å²) in [4.78, 5) is 26.1. The van der Waals surface area contributed by atoms with E-state index in [4.69, 9.17) is 5.11 Å². The lowest BCUT2D eigenvalue weighted by molar-refractivity contribution is -0.141. The van der Waals surface area contributed by atoms with Gasteiger partial charge in [-0.25, -0.2) is 9.59 Å². The molecule has 1 aliphatic heterocycles. The van der Waals surface area contributed by atoms with Crippen LogP contribution in [0, 0.1) is 0 Å². The van der Waals surface area contributed by atoms with Gasteiger partial charge in [-0.15, -0.1) is 0 Å². The summed E-state index contributed by atoms with van der Waals surface area (Å²) in [7, 11) is 1.67. The van der Waals surface area contributed by atoms with Crippen molar-refractivity contribution in [1.82, 2.24) is 9.80 Å². The second kappa shape index (κ2) is 6.04. The molecule has 0 aliphatic carbocycles. The normalized spacial score (nSPS) is 25.0. The minimum Gasteiger partial charge on any atom is -0.480 e. The SMILES string of the molecule is CCCC(C)N(C)C(=O)N1C[C@H](O)C[C@@H]1C(=O)O. The number of carboxylic acids is 1. The number of aliphatic hydroxyl groups is 1. The van der Waals surface area contributed by atoms with Crippen LogP contribution in [0.25, 0.3) is 0 Å². The minimum atomic E-state index is -1.06. The second-order valence-corrected chi connectivity index (χ2v) is 4.93. The maximum Gasteiger partial charge on any atom is 0.326 e. The van der Waals surface area contributed by atoms with Gasteiger partial charge in [-0.05, 0) is 13.3 Å².